The van der Waals surface area contributed by atoms with Gasteiger partial charge in [0.25, 0.3) is 0 Å². The molecule has 18 heteroatoms. The second kappa shape index (κ2) is 30.7. The molecule has 2 aliphatic carbocycles. The van der Waals surface area contributed by atoms with Gasteiger partial charge in [0.05, 0.1) is 44.4 Å². The summed E-state index contributed by atoms with van der Waals surface area (Å²) in [5.74, 6) is 2.18. The van der Waals surface area contributed by atoms with Gasteiger partial charge in [0.2, 0.25) is 0 Å². The Bertz CT molecular complexity index is 3130. The highest BCUT2D eigenvalue weighted by Crippen LogP contribution is 2.48. The number of aliphatic hydroxyl groups is 1. The van der Waals surface area contributed by atoms with Gasteiger partial charge >= 0.3 is 11.9 Å². The van der Waals surface area contributed by atoms with Crippen LogP contribution in [0.3, 0.4) is 0 Å². The maximum Gasteiger partial charge on any atom is 0.356 e. The van der Waals surface area contributed by atoms with Crippen LogP contribution in [0.5, 0.6) is 23.0 Å². The maximum absolute atomic E-state index is 12.8. The predicted octanol–water partition coefficient (Wildman–Crippen LogP) is 12.0. The van der Waals surface area contributed by atoms with Crippen molar-refractivity contribution < 1.29 is 66.8 Å². The standard InChI is InChI=1S/C35H42N2O7.C28H36N2O7/c1-4-42-35(38)30-18-17-29-32(26-13-9-6-10-14-26)33(28-16-15-27(43-23-39-2)21-31(28)44-24-40-3)37(34(29)36-30)19-20-41-22-25-11-7-5-8-12-25;1-4-35-28(32)23-13-12-22-25(19-8-6-5-7-9-19)26(30(14-15-31)27(22)29-23)21-11-10-20(36-17-33-2)16-24(21)37-18-34-3/h5,7-8,11-12,15-18,21,26H,4,6,9-10,13-14,19-20,22-24H2,1-3H3;10-13,16,19,31H,4-9,14-15,17-18H2,1-3H3. The van der Waals surface area contributed by atoms with E-state index in [4.69, 9.17) is 62.1 Å². The van der Waals surface area contributed by atoms with Crippen molar-refractivity contribution in [1.29, 1.82) is 0 Å². The van der Waals surface area contributed by atoms with E-state index in [1.54, 1.807) is 54.4 Å². The van der Waals surface area contributed by atoms with E-state index in [2.05, 4.69) is 16.7 Å². The Morgan fingerprint density at radius 1 is 0.543 bits per heavy atom. The van der Waals surface area contributed by atoms with Gasteiger partial charge in [-0.25, -0.2) is 19.6 Å². The topological polar surface area (TPSA) is 192 Å². The molecule has 2 aliphatic rings. The number of hydrogen-bond donors (Lipinski definition) is 1. The summed E-state index contributed by atoms with van der Waals surface area (Å²) in [7, 11) is 6.32. The van der Waals surface area contributed by atoms with Crippen molar-refractivity contribution in [3.8, 4) is 45.5 Å². The van der Waals surface area contributed by atoms with Crippen LogP contribution in [0.2, 0.25) is 0 Å². The summed E-state index contributed by atoms with van der Waals surface area (Å²) in [5.41, 5.74) is 9.06. The van der Waals surface area contributed by atoms with Crippen molar-refractivity contribution in [3.05, 3.63) is 119 Å². The summed E-state index contributed by atoms with van der Waals surface area (Å²) in [6.45, 7) is 6.18. The van der Waals surface area contributed by atoms with Gasteiger partial charge in [-0.3, -0.25) is 0 Å². The molecule has 3 aromatic carbocycles. The average Bonchev–Trinajstić information content (AvgIpc) is 3.32. The number of fused-ring (bicyclic) bond motifs is 2. The minimum absolute atomic E-state index is 0.0605. The normalized spacial score (nSPS) is 13.9. The quantitative estimate of drug-likeness (QED) is 0.0290. The van der Waals surface area contributed by atoms with Gasteiger partial charge in [0.1, 0.15) is 34.3 Å². The van der Waals surface area contributed by atoms with Crippen LogP contribution in [-0.2, 0) is 52.9 Å². The van der Waals surface area contributed by atoms with Crippen LogP contribution >= 0.6 is 0 Å². The van der Waals surface area contributed by atoms with Crippen molar-refractivity contribution in [2.24, 2.45) is 0 Å². The Morgan fingerprint density at radius 2 is 0.988 bits per heavy atom. The molecule has 18 nitrogen and oxygen atoms in total. The Labute approximate surface area is 474 Å². The summed E-state index contributed by atoms with van der Waals surface area (Å²) >= 11 is 0. The first-order valence-electron chi connectivity index (χ1n) is 28.2. The van der Waals surface area contributed by atoms with Crippen LogP contribution in [0.15, 0.2) is 91.0 Å². The Kier molecular flexibility index (Phi) is 22.7. The van der Waals surface area contributed by atoms with Crippen LogP contribution in [-0.4, -0.2) is 118 Å². The Balaban J connectivity index is 0.000000216. The fraction of sp³-hybridized carbons (Fsp3) is 0.460. The molecule has 0 bridgehead atoms. The largest absolute Gasteiger partial charge is 0.467 e. The molecule has 0 aliphatic heterocycles. The van der Waals surface area contributed by atoms with E-state index < -0.39 is 11.9 Å². The van der Waals surface area contributed by atoms with Gasteiger partial charge in [-0.05, 0) is 117 Å². The monoisotopic (exact) mass is 1110 g/mol. The van der Waals surface area contributed by atoms with Crippen molar-refractivity contribution >= 4 is 34.0 Å². The first kappa shape index (κ1) is 60.0. The average molecular weight is 1120 g/mol. The van der Waals surface area contributed by atoms with E-state index in [1.807, 2.05) is 71.3 Å². The number of pyridine rings is 2. The van der Waals surface area contributed by atoms with Gasteiger partial charge in [-0.15, -0.1) is 0 Å². The molecule has 9 rings (SSSR count). The molecular formula is C63H78N4O14. The third-order valence-electron chi connectivity index (χ3n) is 14.6. The zero-order chi connectivity index (χ0) is 56.9. The minimum atomic E-state index is -0.467. The lowest BCUT2D eigenvalue weighted by Gasteiger charge is -2.24. The molecule has 7 aromatic rings. The van der Waals surface area contributed by atoms with Gasteiger partial charge < -0.3 is 66.3 Å². The molecule has 0 spiro atoms. The number of esters is 2. The van der Waals surface area contributed by atoms with Gasteiger partial charge in [0, 0.05) is 75.6 Å². The summed E-state index contributed by atoms with van der Waals surface area (Å²) in [5, 5.41) is 12.1. The summed E-state index contributed by atoms with van der Waals surface area (Å²) in [6, 6.07) is 29.0. The first-order chi connectivity index (χ1) is 39.8. The second-order valence-corrected chi connectivity index (χ2v) is 19.9. The van der Waals surface area contributed by atoms with Crippen molar-refractivity contribution in [2.45, 2.75) is 110 Å². The molecule has 4 heterocycles. The highest BCUT2D eigenvalue weighted by molar-refractivity contribution is 5.97. The number of hydrogen-bond acceptors (Lipinski definition) is 16. The molecule has 0 radical (unpaired) electrons. The van der Waals surface area contributed by atoms with Crippen LogP contribution in [0.4, 0.5) is 0 Å². The van der Waals surface area contributed by atoms with Crippen LogP contribution in [0.1, 0.15) is 128 Å². The Morgan fingerprint density at radius 3 is 1.42 bits per heavy atom. The number of nitrogens with zero attached hydrogens (tertiary/aromatic N) is 4. The lowest BCUT2D eigenvalue weighted by atomic mass is 9.82. The lowest BCUT2D eigenvalue weighted by Crippen LogP contribution is -2.12. The second-order valence-electron chi connectivity index (χ2n) is 19.9. The lowest BCUT2D eigenvalue weighted by molar-refractivity contribution is 0.0459. The van der Waals surface area contributed by atoms with E-state index in [9.17, 15) is 14.7 Å². The van der Waals surface area contributed by atoms with Gasteiger partial charge in [-0.2, -0.15) is 0 Å². The number of rotatable bonds is 27. The molecule has 0 saturated heterocycles. The third kappa shape index (κ3) is 14.9. The molecule has 81 heavy (non-hydrogen) atoms. The summed E-state index contributed by atoms with van der Waals surface area (Å²) in [6.07, 6.45) is 11.4. The highest BCUT2D eigenvalue weighted by Gasteiger charge is 2.32. The van der Waals surface area contributed by atoms with E-state index in [0.717, 1.165) is 83.0 Å². The fourth-order valence-electron chi connectivity index (χ4n) is 11.1. The van der Waals surface area contributed by atoms with E-state index in [-0.39, 0.29) is 58.4 Å². The Hall–Kier alpha value is -7.06. The van der Waals surface area contributed by atoms with Crippen LogP contribution in [0.25, 0.3) is 44.6 Å². The molecule has 2 saturated carbocycles. The fourth-order valence-corrected chi connectivity index (χ4v) is 11.1. The number of benzene rings is 3. The van der Waals surface area contributed by atoms with E-state index in [1.165, 1.54) is 36.8 Å². The summed E-state index contributed by atoms with van der Waals surface area (Å²) < 4.78 is 65.1. The molecule has 0 amide bonds. The minimum Gasteiger partial charge on any atom is -0.467 e. The smallest absolute Gasteiger partial charge is 0.356 e. The number of methoxy groups -OCH3 is 4. The predicted molar refractivity (Wildman–Crippen MR) is 307 cm³/mol. The summed E-state index contributed by atoms with van der Waals surface area (Å²) in [4.78, 5) is 35.0. The molecule has 0 unspecified atom stereocenters. The molecule has 0 atom stereocenters. The van der Waals surface area contributed by atoms with Crippen LogP contribution < -0.4 is 18.9 Å². The molecule has 4 aromatic heterocycles. The van der Waals surface area contributed by atoms with E-state index in [0.29, 0.717) is 66.8 Å². The van der Waals surface area contributed by atoms with Crippen molar-refractivity contribution in [3.63, 3.8) is 0 Å². The van der Waals surface area contributed by atoms with Crippen LogP contribution in [0, 0.1) is 0 Å². The number of carbonyl (C=O) groups excluding carboxylic acids is 2. The molecular weight excluding hydrogens is 1040 g/mol. The molecule has 1 N–H and O–H groups in total. The van der Waals surface area contributed by atoms with E-state index >= 15 is 0 Å². The van der Waals surface area contributed by atoms with Crippen molar-refractivity contribution in [1.82, 2.24) is 19.1 Å². The molecule has 2 fully saturated rings. The van der Waals surface area contributed by atoms with Gasteiger partial charge in [-0.1, -0.05) is 68.9 Å². The number of aromatic nitrogens is 4. The SMILES string of the molecule is CCOC(=O)c1ccc2c(C3CCCCC3)c(-c3ccc(OCOC)cc3OCOC)n(CCO)c2n1.CCOC(=O)c1ccc2c(C3CCCCC3)c(-c3ccc(OCOC)cc3OCOC)n(CCOCc3ccccc3)c2n1. The van der Waals surface area contributed by atoms with Crippen molar-refractivity contribution in [2.75, 3.05) is 82.0 Å². The highest BCUT2D eigenvalue weighted by atomic mass is 16.7. The zero-order valence-electron chi connectivity index (χ0n) is 47.7. The number of carbonyl (C=O) groups is 2. The third-order valence-corrected chi connectivity index (χ3v) is 14.6. The zero-order valence-corrected chi connectivity index (χ0v) is 47.7. The maximum atomic E-state index is 12.8. The molecule has 434 valence electrons. The first-order valence-corrected chi connectivity index (χ1v) is 28.2. The van der Waals surface area contributed by atoms with Gasteiger partial charge in [0.15, 0.2) is 38.6 Å². The number of ether oxygens (including phenoxy) is 11. The number of aliphatic hydroxyl groups excluding tert-OH is 1.